The van der Waals surface area contributed by atoms with Crippen molar-refractivity contribution in [1.82, 2.24) is 20.1 Å². The Morgan fingerprint density at radius 1 is 1.12 bits per heavy atom. The quantitative estimate of drug-likeness (QED) is 0.624. The summed E-state index contributed by atoms with van der Waals surface area (Å²) in [6.07, 6.45) is 3.00. The summed E-state index contributed by atoms with van der Waals surface area (Å²) in [5, 5.41) is 11.3. The summed E-state index contributed by atoms with van der Waals surface area (Å²) in [5.41, 5.74) is 4.97. The fourth-order valence-corrected chi connectivity index (χ4v) is 6.15. The van der Waals surface area contributed by atoms with Gasteiger partial charge in [-0.1, -0.05) is 12.1 Å². The maximum atomic E-state index is 14.3. The number of nitrogens with one attached hydrogen (secondary N) is 1. The second-order valence-electron chi connectivity index (χ2n) is 9.57. The van der Waals surface area contributed by atoms with Crippen LogP contribution in [0.1, 0.15) is 24.8 Å². The standard InChI is InChI=1S/C25H23F2N5O2/c1-33-23-7-14(11-28-31-23)13-2-3-17-15(6-13)12-34-24-18(17)4-5-22(30-24)29-19-9-21-25(26,27)10-16-8-20(19)32(16)21/h2-7,11,16,19-21H,8-10,12H2,1H3,(H,29,30). The van der Waals surface area contributed by atoms with E-state index in [0.29, 0.717) is 30.6 Å². The van der Waals surface area contributed by atoms with Crippen LogP contribution in [0.3, 0.4) is 0 Å². The fourth-order valence-electron chi connectivity index (χ4n) is 6.15. The minimum Gasteiger partial charge on any atom is -0.480 e. The normalized spacial score (nSPS) is 27.7. The number of aromatic nitrogens is 3. The molecule has 34 heavy (non-hydrogen) atoms. The van der Waals surface area contributed by atoms with Gasteiger partial charge in [0.05, 0.1) is 19.3 Å². The zero-order valence-corrected chi connectivity index (χ0v) is 18.5. The summed E-state index contributed by atoms with van der Waals surface area (Å²) in [7, 11) is 1.57. The molecule has 4 unspecified atom stereocenters. The molecular formula is C25H23F2N5O2. The molecule has 0 amide bonds. The lowest BCUT2D eigenvalue weighted by atomic mass is 9.88. The van der Waals surface area contributed by atoms with Crippen LogP contribution in [0.5, 0.6) is 11.8 Å². The van der Waals surface area contributed by atoms with Gasteiger partial charge in [0.25, 0.3) is 5.92 Å². The predicted molar refractivity (Wildman–Crippen MR) is 121 cm³/mol. The third-order valence-electron chi connectivity index (χ3n) is 7.74. The molecule has 4 aliphatic heterocycles. The number of halogens is 2. The zero-order chi connectivity index (χ0) is 23.0. The van der Waals surface area contributed by atoms with Crippen LogP contribution in [0, 0.1) is 0 Å². The van der Waals surface area contributed by atoms with Gasteiger partial charge in [-0.2, -0.15) is 10.1 Å². The molecule has 3 saturated heterocycles. The number of methoxy groups -OCH3 is 1. The van der Waals surface area contributed by atoms with E-state index >= 15 is 0 Å². The number of rotatable bonds is 4. The lowest BCUT2D eigenvalue weighted by molar-refractivity contribution is -0.0291. The molecule has 3 fully saturated rings. The number of alkyl halides is 2. The van der Waals surface area contributed by atoms with Gasteiger partial charge < -0.3 is 14.8 Å². The van der Waals surface area contributed by atoms with Crippen molar-refractivity contribution < 1.29 is 18.3 Å². The first kappa shape index (κ1) is 20.1. The van der Waals surface area contributed by atoms with Gasteiger partial charge in [0, 0.05) is 41.7 Å². The molecule has 7 nitrogen and oxygen atoms in total. The Bertz CT molecular complexity index is 1300. The molecule has 174 valence electrons. The number of nitrogens with zero attached hydrogens (tertiary/aromatic N) is 4. The second kappa shape index (κ2) is 7.09. The minimum absolute atomic E-state index is 0.0117. The van der Waals surface area contributed by atoms with E-state index in [4.69, 9.17) is 9.47 Å². The van der Waals surface area contributed by atoms with Crippen LogP contribution >= 0.6 is 0 Å². The second-order valence-corrected chi connectivity index (χ2v) is 9.57. The van der Waals surface area contributed by atoms with E-state index in [1.165, 1.54) is 0 Å². The maximum Gasteiger partial charge on any atom is 0.264 e. The molecule has 2 aromatic heterocycles. The Labute approximate surface area is 195 Å². The van der Waals surface area contributed by atoms with Crippen LogP contribution in [0.4, 0.5) is 14.6 Å². The topological polar surface area (TPSA) is 72.4 Å². The van der Waals surface area contributed by atoms with Crippen molar-refractivity contribution in [2.24, 2.45) is 0 Å². The van der Waals surface area contributed by atoms with Crippen LogP contribution in [0.15, 0.2) is 42.6 Å². The summed E-state index contributed by atoms with van der Waals surface area (Å²) >= 11 is 0. The molecule has 4 atom stereocenters. The highest BCUT2D eigenvalue weighted by molar-refractivity contribution is 5.78. The zero-order valence-electron chi connectivity index (χ0n) is 18.5. The number of ether oxygens (including phenoxy) is 2. The highest BCUT2D eigenvalue weighted by atomic mass is 19.3. The average Bonchev–Trinajstić information content (AvgIpc) is 3.23. The lowest BCUT2D eigenvalue weighted by Gasteiger charge is -2.43. The number of hydrogen-bond acceptors (Lipinski definition) is 7. The average molecular weight is 463 g/mol. The smallest absolute Gasteiger partial charge is 0.264 e. The molecule has 0 aliphatic carbocycles. The molecule has 3 aromatic rings. The lowest BCUT2D eigenvalue weighted by Crippen LogP contribution is -2.55. The minimum atomic E-state index is -2.58. The van der Waals surface area contributed by atoms with Gasteiger partial charge in [-0.3, -0.25) is 4.90 Å². The molecule has 0 saturated carbocycles. The predicted octanol–water partition coefficient (Wildman–Crippen LogP) is 4.14. The molecule has 1 aromatic carbocycles. The van der Waals surface area contributed by atoms with Gasteiger partial charge in [0.15, 0.2) is 0 Å². The first-order chi connectivity index (χ1) is 16.5. The van der Waals surface area contributed by atoms with E-state index in [1.54, 1.807) is 13.3 Å². The SMILES string of the molecule is COc1cc(-c2ccc3c(c2)COc2nc(NC4CC5N6C(CC46)CC5(F)F)ccc2-3)cnn1. The van der Waals surface area contributed by atoms with Gasteiger partial charge in [-0.05, 0) is 47.7 Å². The van der Waals surface area contributed by atoms with Crippen molar-refractivity contribution in [2.75, 3.05) is 12.4 Å². The van der Waals surface area contributed by atoms with Gasteiger partial charge in [0.2, 0.25) is 11.8 Å². The van der Waals surface area contributed by atoms with Gasteiger partial charge in [-0.15, -0.1) is 5.10 Å². The van der Waals surface area contributed by atoms with E-state index in [2.05, 4.69) is 32.6 Å². The highest BCUT2D eigenvalue weighted by Crippen LogP contribution is 2.54. The molecule has 4 aliphatic rings. The Morgan fingerprint density at radius 3 is 2.85 bits per heavy atom. The van der Waals surface area contributed by atoms with Crippen molar-refractivity contribution in [3.05, 3.63) is 48.2 Å². The van der Waals surface area contributed by atoms with Crippen LogP contribution in [0.25, 0.3) is 22.3 Å². The number of pyridine rings is 1. The number of anilines is 1. The summed E-state index contributed by atoms with van der Waals surface area (Å²) in [5.74, 6) is -0.883. The van der Waals surface area contributed by atoms with E-state index in [0.717, 1.165) is 34.2 Å². The number of fused-ring (bicyclic) bond motifs is 3. The van der Waals surface area contributed by atoms with E-state index < -0.39 is 12.0 Å². The van der Waals surface area contributed by atoms with Crippen LogP contribution in [0.2, 0.25) is 0 Å². The molecule has 0 radical (unpaired) electrons. The summed E-state index contributed by atoms with van der Waals surface area (Å²) in [4.78, 5) is 6.71. The van der Waals surface area contributed by atoms with Crippen LogP contribution in [-0.4, -0.2) is 57.3 Å². The van der Waals surface area contributed by atoms with Crippen molar-refractivity contribution >= 4 is 5.82 Å². The monoisotopic (exact) mass is 463 g/mol. The fraction of sp³-hybridized carbons (Fsp3) is 0.400. The summed E-state index contributed by atoms with van der Waals surface area (Å²) < 4.78 is 39.8. The van der Waals surface area contributed by atoms with Crippen molar-refractivity contribution in [3.8, 4) is 34.0 Å². The molecule has 6 heterocycles. The van der Waals surface area contributed by atoms with Gasteiger partial charge in [-0.25, -0.2) is 8.78 Å². The molecule has 9 heteroatoms. The van der Waals surface area contributed by atoms with Gasteiger partial charge >= 0.3 is 0 Å². The molecular weight excluding hydrogens is 440 g/mol. The highest BCUT2D eigenvalue weighted by Gasteiger charge is 2.66. The molecule has 0 bridgehead atoms. The third-order valence-corrected chi connectivity index (χ3v) is 7.74. The van der Waals surface area contributed by atoms with Crippen LogP contribution < -0.4 is 14.8 Å². The Balaban J connectivity index is 1.13. The number of hydrogen-bond donors (Lipinski definition) is 1. The van der Waals surface area contributed by atoms with E-state index in [1.807, 2.05) is 29.2 Å². The molecule has 1 N–H and O–H groups in total. The first-order valence-corrected chi connectivity index (χ1v) is 11.6. The number of benzene rings is 1. The third kappa shape index (κ3) is 2.92. The largest absolute Gasteiger partial charge is 0.480 e. The summed E-state index contributed by atoms with van der Waals surface area (Å²) in [6.45, 7) is 0.401. The van der Waals surface area contributed by atoms with Crippen molar-refractivity contribution in [3.63, 3.8) is 0 Å². The molecule has 0 spiro atoms. The van der Waals surface area contributed by atoms with Gasteiger partial charge in [0.1, 0.15) is 12.4 Å². The van der Waals surface area contributed by atoms with E-state index in [-0.39, 0.29) is 24.5 Å². The molecule has 7 rings (SSSR count). The Kier molecular flexibility index (Phi) is 4.18. The van der Waals surface area contributed by atoms with Crippen molar-refractivity contribution in [1.29, 1.82) is 0 Å². The van der Waals surface area contributed by atoms with Crippen LogP contribution in [-0.2, 0) is 6.61 Å². The summed E-state index contributed by atoms with van der Waals surface area (Å²) in [6, 6.07) is 11.5. The maximum absolute atomic E-state index is 14.3. The van der Waals surface area contributed by atoms with Crippen molar-refractivity contribution in [2.45, 2.75) is 56.0 Å². The first-order valence-electron chi connectivity index (χ1n) is 11.6. The Morgan fingerprint density at radius 2 is 2.00 bits per heavy atom. The van der Waals surface area contributed by atoms with E-state index in [9.17, 15) is 8.78 Å². The Hall–Kier alpha value is -3.33.